The van der Waals surface area contributed by atoms with Gasteiger partial charge in [-0.05, 0) is 12.8 Å². The Morgan fingerprint density at radius 3 is 2.90 bits per heavy atom. The first-order valence-corrected chi connectivity index (χ1v) is 7.94. The van der Waals surface area contributed by atoms with Crippen molar-refractivity contribution >= 4 is 5.91 Å². The van der Waals surface area contributed by atoms with E-state index in [0.29, 0.717) is 38.9 Å². The van der Waals surface area contributed by atoms with Gasteiger partial charge in [0.15, 0.2) is 0 Å². The van der Waals surface area contributed by atoms with Crippen LogP contribution in [0.1, 0.15) is 12.8 Å². The van der Waals surface area contributed by atoms with Crippen LogP contribution in [-0.4, -0.2) is 87.6 Å². The topological polar surface area (TPSA) is 51.2 Å². The lowest BCUT2D eigenvalue weighted by Crippen LogP contribution is -2.60. The highest BCUT2D eigenvalue weighted by molar-refractivity contribution is 5.81. The molecule has 0 bridgehead atoms. The third-order valence-electron chi connectivity index (χ3n) is 4.53. The van der Waals surface area contributed by atoms with Crippen LogP contribution in [0.4, 0.5) is 0 Å². The van der Waals surface area contributed by atoms with Gasteiger partial charge in [-0.15, -0.1) is 0 Å². The molecule has 3 rings (SSSR count). The summed E-state index contributed by atoms with van der Waals surface area (Å²) in [7, 11) is 1.72. The van der Waals surface area contributed by atoms with Crippen LogP contribution in [0.5, 0.6) is 0 Å². The monoisotopic (exact) mass is 298 g/mol. The van der Waals surface area contributed by atoms with Crippen molar-refractivity contribution in [3.63, 3.8) is 0 Å². The summed E-state index contributed by atoms with van der Waals surface area (Å²) < 4.78 is 17.0. The quantitative estimate of drug-likeness (QED) is 0.730. The van der Waals surface area contributed by atoms with Gasteiger partial charge in [0.25, 0.3) is 0 Å². The van der Waals surface area contributed by atoms with E-state index < -0.39 is 0 Å². The van der Waals surface area contributed by atoms with Crippen LogP contribution >= 0.6 is 0 Å². The van der Waals surface area contributed by atoms with E-state index in [4.69, 9.17) is 14.2 Å². The number of hydrogen-bond donors (Lipinski definition) is 0. The van der Waals surface area contributed by atoms with E-state index in [2.05, 4.69) is 4.90 Å². The summed E-state index contributed by atoms with van der Waals surface area (Å²) >= 11 is 0. The van der Waals surface area contributed by atoms with E-state index in [1.165, 1.54) is 0 Å². The van der Waals surface area contributed by atoms with Crippen molar-refractivity contribution in [1.82, 2.24) is 9.80 Å². The minimum Gasteiger partial charge on any atom is -0.383 e. The maximum absolute atomic E-state index is 12.3. The molecule has 0 radical (unpaired) electrons. The third-order valence-corrected chi connectivity index (χ3v) is 4.53. The molecule has 2 heterocycles. The largest absolute Gasteiger partial charge is 0.383 e. The van der Waals surface area contributed by atoms with Crippen LogP contribution in [0, 0.1) is 5.92 Å². The van der Waals surface area contributed by atoms with Crippen LogP contribution in [0.3, 0.4) is 0 Å². The van der Waals surface area contributed by atoms with Gasteiger partial charge in [0, 0.05) is 39.2 Å². The predicted molar refractivity (Wildman–Crippen MR) is 77.1 cm³/mol. The number of nitrogens with zero attached hydrogens (tertiary/aromatic N) is 2. The standard InChI is InChI=1S/C15H26N2O4/c1-19-7-4-16-5-8-20-12-15(10-16)11-17(6-9-21-15)14(18)13-2-3-13/h13H,2-12H2,1H3. The molecule has 1 amide bonds. The van der Waals surface area contributed by atoms with Crippen molar-refractivity contribution in [2.24, 2.45) is 5.92 Å². The van der Waals surface area contributed by atoms with E-state index in [1.54, 1.807) is 7.11 Å². The van der Waals surface area contributed by atoms with Gasteiger partial charge < -0.3 is 19.1 Å². The first kappa shape index (κ1) is 15.2. The number of carbonyl (C=O) groups excluding carboxylic acids is 1. The van der Waals surface area contributed by atoms with Crippen molar-refractivity contribution in [2.45, 2.75) is 18.4 Å². The summed E-state index contributed by atoms with van der Waals surface area (Å²) in [4.78, 5) is 16.6. The Morgan fingerprint density at radius 1 is 1.29 bits per heavy atom. The van der Waals surface area contributed by atoms with Crippen molar-refractivity contribution in [2.75, 3.05) is 66.3 Å². The fraction of sp³-hybridized carbons (Fsp3) is 0.933. The van der Waals surface area contributed by atoms with E-state index in [-0.39, 0.29) is 11.5 Å². The van der Waals surface area contributed by atoms with Gasteiger partial charge in [-0.25, -0.2) is 0 Å². The van der Waals surface area contributed by atoms with Gasteiger partial charge in [-0.3, -0.25) is 9.69 Å². The SMILES string of the molecule is COCCN1CCOCC2(C1)CN(C(=O)C1CC1)CCO2. The van der Waals surface area contributed by atoms with Gasteiger partial charge in [0.2, 0.25) is 5.91 Å². The molecular weight excluding hydrogens is 272 g/mol. The lowest BCUT2D eigenvalue weighted by Gasteiger charge is -2.43. The summed E-state index contributed by atoms with van der Waals surface area (Å²) in [6.45, 7) is 6.56. The second-order valence-corrected chi connectivity index (χ2v) is 6.39. The second kappa shape index (κ2) is 6.60. The highest BCUT2D eigenvalue weighted by atomic mass is 16.5. The van der Waals surface area contributed by atoms with Crippen LogP contribution in [0.25, 0.3) is 0 Å². The molecule has 0 N–H and O–H groups in total. The minimum atomic E-state index is -0.368. The van der Waals surface area contributed by atoms with Gasteiger partial charge in [0.1, 0.15) is 5.60 Å². The van der Waals surface area contributed by atoms with Crippen molar-refractivity contribution in [3.8, 4) is 0 Å². The zero-order valence-electron chi connectivity index (χ0n) is 12.9. The number of amides is 1. The molecule has 2 aliphatic heterocycles. The molecule has 1 atom stereocenters. The number of rotatable bonds is 4. The fourth-order valence-corrected chi connectivity index (χ4v) is 3.20. The van der Waals surface area contributed by atoms with Gasteiger partial charge in [0.05, 0.1) is 33.0 Å². The van der Waals surface area contributed by atoms with Gasteiger partial charge in [-0.1, -0.05) is 0 Å². The molecule has 0 aromatic carbocycles. The number of ether oxygens (including phenoxy) is 3. The molecule has 0 aromatic heterocycles. The smallest absolute Gasteiger partial charge is 0.225 e. The highest BCUT2D eigenvalue weighted by Crippen LogP contribution is 2.33. The number of hydrogen-bond acceptors (Lipinski definition) is 5. The van der Waals surface area contributed by atoms with Crippen LogP contribution in [-0.2, 0) is 19.0 Å². The molecule has 3 aliphatic rings. The number of carbonyl (C=O) groups is 1. The average Bonchev–Trinajstić information content (AvgIpc) is 3.33. The Hall–Kier alpha value is -0.690. The summed E-state index contributed by atoms with van der Waals surface area (Å²) in [6, 6.07) is 0. The normalized spacial score (nSPS) is 31.4. The molecule has 120 valence electrons. The molecule has 1 aliphatic carbocycles. The van der Waals surface area contributed by atoms with Crippen molar-refractivity contribution < 1.29 is 19.0 Å². The Balaban J connectivity index is 1.63. The fourth-order valence-electron chi connectivity index (χ4n) is 3.20. The molecule has 6 nitrogen and oxygen atoms in total. The van der Waals surface area contributed by atoms with E-state index in [1.807, 2.05) is 4.90 Å². The maximum atomic E-state index is 12.3. The lowest BCUT2D eigenvalue weighted by molar-refractivity contribution is -0.162. The first-order chi connectivity index (χ1) is 10.2. The second-order valence-electron chi connectivity index (χ2n) is 6.39. The summed E-state index contributed by atoms with van der Waals surface area (Å²) in [6.07, 6.45) is 2.11. The molecule has 21 heavy (non-hydrogen) atoms. The maximum Gasteiger partial charge on any atom is 0.225 e. The summed E-state index contributed by atoms with van der Waals surface area (Å²) in [5, 5.41) is 0. The van der Waals surface area contributed by atoms with Crippen molar-refractivity contribution in [3.05, 3.63) is 0 Å². The van der Waals surface area contributed by atoms with E-state index >= 15 is 0 Å². The highest BCUT2D eigenvalue weighted by Gasteiger charge is 2.44. The van der Waals surface area contributed by atoms with Gasteiger partial charge >= 0.3 is 0 Å². The van der Waals surface area contributed by atoms with E-state index in [0.717, 1.165) is 39.0 Å². The summed E-state index contributed by atoms with van der Waals surface area (Å²) in [5.41, 5.74) is -0.368. The molecule has 0 aromatic rings. The zero-order chi connectivity index (χ0) is 14.7. The Labute approximate surface area is 126 Å². The number of morpholine rings is 1. The first-order valence-electron chi connectivity index (χ1n) is 7.94. The van der Waals surface area contributed by atoms with Crippen LogP contribution < -0.4 is 0 Å². The molecule has 1 saturated carbocycles. The Bertz CT molecular complexity index is 375. The Kier molecular flexibility index (Phi) is 4.78. The third kappa shape index (κ3) is 3.74. The summed E-state index contributed by atoms with van der Waals surface area (Å²) in [5.74, 6) is 0.585. The number of methoxy groups -OCH3 is 1. The van der Waals surface area contributed by atoms with Gasteiger partial charge in [-0.2, -0.15) is 0 Å². The zero-order valence-corrected chi connectivity index (χ0v) is 12.9. The average molecular weight is 298 g/mol. The molecular formula is C15H26N2O4. The molecule has 6 heteroatoms. The minimum absolute atomic E-state index is 0.274. The van der Waals surface area contributed by atoms with Crippen molar-refractivity contribution in [1.29, 1.82) is 0 Å². The molecule has 2 saturated heterocycles. The lowest BCUT2D eigenvalue weighted by atomic mass is 10.0. The van der Waals surface area contributed by atoms with Crippen LogP contribution in [0.15, 0.2) is 0 Å². The predicted octanol–water partition coefficient (Wildman–Crippen LogP) is -0.0274. The van der Waals surface area contributed by atoms with Crippen LogP contribution in [0.2, 0.25) is 0 Å². The molecule has 1 spiro atoms. The molecule has 1 unspecified atom stereocenters. The van der Waals surface area contributed by atoms with E-state index in [9.17, 15) is 4.79 Å². The molecule has 3 fully saturated rings. The Morgan fingerprint density at radius 2 is 2.14 bits per heavy atom.